The molecule has 1 aliphatic carbocycles. The number of ketones is 1. The van der Waals surface area contributed by atoms with Crippen LogP contribution in [-0.4, -0.2) is 33.7 Å². The summed E-state index contributed by atoms with van der Waals surface area (Å²) in [7, 11) is 4.87. The zero-order chi connectivity index (χ0) is 25.9. The molecular formula is C30H32N2O5. The van der Waals surface area contributed by atoms with Crippen molar-refractivity contribution in [1.82, 2.24) is 0 Å². The average molecular weight is 501 g/mol. The highest BCUT2D eigenvalue weighted by molar-refractivity contribution is 6.01. The molecule has 0 radical (unpaired) electrons. The van der Waals surface area contributed by atoms with Gasteiger partial charge in [-0.3, -0.25) is 4.79 Å². The number of carbonyl (C=O) groups excluding carboxylic acids is 1. The molecule has 0 aromatic heterocycles. The lowest BCUT2D eigenvalue weighted by molar-refractivity contribution is -0.116. The summed E-state index contributed by atoms with van der Waals surface area (Å²) in [6.07, 6.45) is 1.06. The Bertz CT molecular complexity index is 1350. The first kappa shape index (κ1) is 24.6. The van der Waals surface area contributed by atoms with E-state index >= 15 is 0 Å². The summed E-state index contributed by atoms with van der Waals surface area (Å²) in [5.41, 5.74) is 5.38. The van der Waals surface area contributed by atoms with Crippen LogP contribution in [0.4, 0.5) is 11.4 Å². The number of allylic oxidation sites excluding steroid dienone is 1. The highest BCUT2D eigenvalue weighted by Gasteiger charge is 2.37. The summed E-state index contributed by atoms with van der Waals surface area (Å²) in [6.45, 7) is 2.42. The van der Waals surface area contributed by atoms with Gasteiger partial charge in [0, 0.05) is 23.3 Å². The maximum absolute atomic E-state index is 13.9. The SMILES string of the molecule is CCOc1c(OC)cccc1C1Nc2ccccc2NC2=C1C(=O)CC(c1ccc(OC)c(OC)c1)C2. The van der Waals surface area contributed by atoms with Crippen molar-refractivity contribution in [1.29, 1.82) is 0 Å². The summed E-state index contributed by atoms with van der Waals surface area (Å²) >= 11 is 0. The number of Topliss-reactive ketones (excluding diaryl/α,β-unsaturated/α-hetero) is 1. The van der Waals surface area contributed by atoms with Gasteiger partial charge in [-0.2, -0.15) is 0 Å². The number of methoxy groups -OCH3 is 3. The third-order valence-electron chi connectivity index (χ3n) is 7.02. The lowest BCUT2D eigenvalue weighted by Gasteiger charge is -2.31. The summed E-state index contributed by atoms with van der Waals surface area (Å²) in [4.78, 5) is 13.9. The molecule has 0 saturated heterocycles. The van der Waals surface area contributed by atoms with Gasteiger partial charge in [0.25, 0.3) is 0 Å². The number of hydrogen-bond donors (Lipinski definition) is 2. The van der Waals surface area contributed by atoms with Gasteiger partial charge in [-0.15, -0.1) is 0 Å². The molecule has 7 heteroatoms. The van der Waals surface area contributed by atoms with E-state index in [-0.39, 0.29) is 11.7 Å². The number of rotatable bonds is 7. The Balaban J connectivity index is 1.62. The van der Waals surface area contributed by atoms with Gasteiger partial charge in [0.1, 0.15) is 0 Å². The van der Waals surface area contributed by atoms with Crippen molar-refractivity contribution < 1.29 is 23.7 Å². The van der Waals surface area contributed by atoms with E-state index < -0.39 is 6.04 Å². The molecule has 37 heavy (non-hydrogen) atoms. The van der Waals surface area contributed by atoms with Crippen LogP contribution in [0.2, 0.25) is 0 Å². The van der Waals surface area contributed by atoms with Crippen molar-refractivity contribution in [3.8, 4) is 23.0 Å². The zero-order valence-electron chi connectivity index (χ0n) is 21.6. The smallest absolute Gasteiger partial charge is 0.166 e. The number of anilines is 2. The predicted molar refractivity (Wildman–Crippen MR) is 144 cm³/mol. The number of fused-ring (bicyclic) bond motifs is 1. The number of ether oxygens (including phenoxy) is 4. The largest absolute Gasteiger partial charge is 0.493 e. The third kappa shape index (κ3) is 4.57. The topological polar surface area (TPSA) is 78.1 Å². The Kier molecular flexibility index (Phi) is 6.95. The molecule has 0 bridgehead atoms. The van der Waals surface area contributed by atoms with Gasteiger partial charge in [-0.05, 0) is 55.2 Å². The predicted octanol–water partition coefficient (Wildman–Crippen LogP) is 6.09. The van der Waals surface area contributed by atoms with E-state index in [9.17, 15) is 4.79 Å². The number of hydrogen-bond acceptors (Lipinski definition) is 7. The minimum absolute atomic E-state index is 0.00106. The van der Waals surface area contributed by atoms with Crippen molar-refractivity contribution in [2.45, 2.75) is 31.7 Å². The molecule has 192 valence electrons. The van der Waals surface area contributed by atoms with E-state index in [2.05, 4.69) is 10.6 Å². The Hall–Kier alpha value is -4.13. The van der Waals surface area contributed by atoms with Crippen LogP contribution in [0.5, 0.6) is 23.0 Å². The molecule has 2 atom stereocenters. The summed E-state index contributed by atoms with van der Waals surface area (Å²) < 4.78 is 22.6. The first-order valence-corrected chi connectivity index (χ1v) is 12.5. The first-order valence-electron chi connectivity index (χ1n) is 12.5. The van der Waals surface area contributed by atoms with Crippen molar-refractivity contribution in [3.05, 3.63) is 83.1 Å². The van der Waals surface area contributed by atoms with Crippen LogP contribution in [0.1, 0.15) is 42.9 Å². The van der Waals surface area contributed by atoms with Crippen LogP contribution in [0.3, 0.4) is 0 Å². The third-order valence-corrected chi connectivity index (χ3v) is 7.02. The van der Waals surface area contributed by atoms with Crippen LogP contribution >= 0.6 is 0 Å². The van der Waals surface area contributed by atoms with E-state index in [1.54, 1.807) is 21.3 Å². The average Bonchev–Trinajstić information content (AvgIpc) is 3.09. The van der Waals surface area contributed by atoms with Gasteiger partial charge in [-0.25, -0.2) is 0 Å². The van der Waals surface area contributed by atoms with Crippen LogP contribution in [0, 0.1) is 0 Å². The minimum Gasteiger partial charge on any atom is -0.493 e. The van der Waals surface area contributed by atoms with Crippen LogP contribution in [0.25, 0.3) is 0 Å². The lowest BCUT2D eigenvalue weighted by Crippen LogP contribution is -2.27. The van der Waals surface area contributed by atoms with Gasteiger partial charge >= 0.3 is 0 Å². The molecule has 2 unspecified atom stereocenters. The summed E-state index contributed by atoms with van der Waals surface area (Å²) in [5, 5.41) is 7.22. The van der Waals surface area contributed by atoms with Gasteiger partial charge < -0.3 is 29.6 Å². The number of benzene rings is 3. The van der Waals surface area contributed by atoms with E-state index in [0.29, 0.717) is 42.4 Å². The molecule has 1 aliphatic heterocycles. The fraction of sp³-hybridized carbons (Fsp3) is 0.300. The molecule has 7 nitrogen and oxygen atoms in total. The molecule has 2 aliphatic rings. The second-order valence-electron chi connectivity index (χ2n) is 9.09. The molecule has 5 rings (SSSR count). The Labute approximate surface area is 217 Å². The molecule has 0 spiro atoms. The maximum atomic E-state index is 13.9. The number of para-hydroxylation sites is 3. The fourth-order valence-electron chi connectivity index (χ4n) is 5.29. The second-order valence-corrected chi connectivity index (χ2v) is 9.09. The van der Waals surface area contributed by atoms with Gasteiger partial charge in [0.05, 0.1) is 45.4 Å². The monoisotopic (exact) mass is 500 g/mol. The van der Waals surface area contributed by atoms with Gasteiger partial charge in [0.2, 0.25) is 0 Å². The van der Waals surface area contributed by atoms with E-state index in [1.807, 2.05) is 67.6 Å². The van der Waals surface area contributed by atoms with Crippen LogP contribution in [0.15, 0.2) is 71.9 Å². The standard InChI is InChI=1S/C30H32N2O5/c1-5-37-30-20(9-8-12-26(30)35-3)29-28-23(31-21-10-6-7-11-22(21)32-29)15-19(16-24(28)33)18-13-14-25(34-2)27(17-18)36-4/h6-14,17,19,29,31-32H,5,15-16H2,1-4H3. The minimum atomic E-state index is -0.401. The second kappa shape index (κ2) is 10.5. The van der Waals surface area contributed by atoms with Crippen molar-refractivity contribution >= 4 is 17.2 Å². The molecular weight excluding hydrogens is 468 g/mol. The normalized spacial score (nSPS) is 18.5. The molecule has 1 heterocycles. The maximum Gasteiger partial charge on any atom is 0.166 e. The van der Waals surface area contributed by atoms with Crippen LogP contribution in [-0.2, 0) is 4.79 Å². The Morgan fingerprint density at radius 2 is 1.59 bits per heavy atom. The van der Waals surface area contributed by atoms with Crippen molar-refractivity contribution in [2.24, 2.45) is 0 Å². The van der Waals surface area contributed by atoms with E-state index in [4.69, 9.17) is 18.9 Å². The summed E-state index contributed by atoms with van der Waals surface area (Å²) in [5.74, 6) is 2.70. The quantitative estimate of drug-likeness (QED) is 0.406. The highest BCUT2D eigenvalue weighted by atomic mass is 16.5. The number of carbonyl (C=O) groups is 1. The highest BCUT2D eigenvalue weighted by Crippen LogP contribution is 2.48. The van der Waals surface area contributed by atoms with E-state index in [0.717, 1.165) is 33.8 Å². The van der Waals surface area contributed by atoms with Crippen molar-refractivity contribution in [3.63, 3.8) is 0 Å². The fourth-order valence-corrected chi connectivity index (χ4v) is 5.29. The molecule has 2 N–H and O–H groups in total. The first-order chi connectivity index (χ1) is 18.1. The molecule has 3 aromatic carbocycles. The Morgan fingerprint density at radius 1 is 0.838 bits per heavy atom. The molecule has 3 aromatic rings. The molecule has 0 amide bonds. The zero-order valence-corrected chi connectivity index (χ0v) is 21.6. The molecule has 0 fully saturated rings. The van der Waals surface area contributed by atoms with Crippen molar-refractivity contribution in [2.75, 3.05) is 38.6 Å². The number of nitrogens with one attached hydrogen (secondary N) is 2. The van der Waals surface area contributed by atoms with Gasteiger partial charge in [-0.1, -0.05) is 30.3 Å². The van der Waals surface area contributed by atoms with Crippen LogP contribution < -0.4 is 29.6 Å². The summed E-state index contributed by atoms with van der Waals surface area (Å²) in [6, 6.07) is 19.3. The Morgan fingerprint density at radius 3 is 2.32 bits per heavy atom. The molecule has 0 saturated carbocycles. The lowest BCUT2D eigenvalue weighted by atomic mass is 9.78. The van der Waals surface area contributed by atoms with Gasteiger partial charge in [0.15, 0.2) is 28.8 Å². The van der Waals surface area contributed by atoms with E-state index in [1.165, 1.54) is 0 Å².